The lowest BCUT2D eigenvalue weighted by Crippen LogP contribution is -2.51. The van der Waals surface area contributed by atoms with Crippen LogP contribution < -0.4 is 0 Å². The summed E-state index contributed by atoms with van der Waals surface area (Å²) in [7, 11) is 0. The Kier molecular flexibility index (Phi) is 12.1. The molecule has 0 unspecified atom stereocenters. The highest BCUT2D eigenvalue weighted by molar-refractivity contribution is 5.80. The van der Waals surface area contributed by atoms with Gasteiger partial charge >= 0.3 is 5.97 Å². The Morgan fingerprint density at radius 2 is 1.81 bits per heavy atom. The van der Waals surface area contributed by atoms with Gasteiger partial charge in [-0.2, -0.15) is 0 Å². The summed E-state index contributed by atoms with van der Waals surface area (Å²) >= 11 is 0. The molecular weight excluding hydrogens is 470 g/mol. The lowest BCUT2D eigenvalue weighted by atomic mass is 10.1. The van der Waals surface area contributed by atoms with Crippen LogP contribution in [-0.2, 0) is 32.0 Å². The van der Waals surface area contributed by atoms with Crippen molar-refractivity contribution in [3.05, 3.63) is 59.5 Å². The first-order valence-electron chi connectivity index (χ1n) is 13.6. The second-order valence-corrected chi connectivity index (χ2v) is 9.54. The predicted molar refractivity (Wildman–Crippen MR) is 143 cm³/mol. The van der Waals surface area contributed by atoms with Crippen molar-refractivity contribution in [3.63, 3.8) is 0 Å². The standard InChI is InChI=1S/C29H43N3O5/c1-4-9-27(29(34)36-5-2)31(17-16-30-18-20-35-21-19-30)23-28(33)32(22-26-13-12-24(3)37-26)15-14-25-10-7-6-8-11-25/h6-8,10-13,27H,4-5,9,14-23H2,1-3H3/t27-/m1/s1. The molecule has 1 aliphatic rings. The molecule has 0 aliphatic carbocycles. The molecule has 8 heteroatoms. The van der Waals surface area contributed by atoms with Crippen molar-refractivity contribution >= 4 is 11.9 Å². The lowest BCUT2D eigenvalue weighted by molar-refractivity contribution is -0.151. The van der Waals surface area contributed by atoms with Gasteiger partial charge in [0.25, 0.3) is 0 Å². The summed E-state index contributed by atoms with van der Waals surface area (Å²) in [4.78, 5) is 32.9. The van der Waals surface area contributed by atoms with Gasteiger partial charge in [0.1, 0.15) is 17.6 Å². The molecule has 0 N–H and O–H groups in total. The van der Waals surface area contributed by atoms with Gasteiger partial charge in [0.2, 0.25) is 5.91 Å². The van der Waals surface area contributed by atoms with Crippen molar-refractivity contribution in [3.8, 4) is 0 Å². The van der Waals surface area contributed by atoms with Crippen LogP contribution in [0.1, 0.15) is 43.8 Å². The largest absolute Gasteiger partial charge is 0.465 e. The van der Waals surface area contributed by atoms with Crippen LogP contribution in [-0.4, -0.2) is 91.7 Å². The minimum atomic E-state index is -0.447. The van der Waals surface area contributed by atoms with Crippen LogP contribution in [0.2, 0.25) is 0 Å². The van der Waals surface area contributed by atoms with E-state index in [-0.39, 0.29) is 18.4 Å². The number of carbonyl (C=O) groups excluding carboxylic acids is 2. The fourth-order valence-electron chi connectivity index (χ4n) is 4.63. The highest BCUT2D eigenvalue weighted by Crippen LogP contribution is 2.15. The van der Waals surface area contributed by atoms with Gasteiger partial charge in [-0.3, -0.25) is 19.4 Å². The summed E-state index contributed by atoms with van der Waals surface area (Å²) in [6, 6.07) is 13.6. The van der Waals surface area contributed by atoms with Crippen molar-refractivity contribution in [1.29, 1.82) is 0 Å². The van der Waals surface area contributed by atoms with Gasteiger partial charge in [-0.25, -0.2) is 0 Å². The number of esters is 1. The van der Waals surface area contributed by atoms with Crippen LogP contribution in [0.5, 0.6) is 0 Å². The molecule has 1 aliphatic heterocycles. The summed E-state index contributed by atoms with van der Waals surface area (Å²) < 4.78 is 16.7. The molecule has 1 aromatic heterocycles. The van der Waals surface area contributed by atoms with E-state index in [2.05, 4.69) is 24.0 Å². The van der Waals surface area contributed by atoms with Crippen LogP contribution in [0.4, 0.5) is 0 Å². The summed E-state index contributed by atoms with van der Waals surface area (Å²) in [5, 5.41) is 0. The molecule has 0 saturated carbocycles. The van der Waals surface area contributed by atoms with E-state index in [4.69, 9.17) is 13.9 Å². The van der Waals surface area contributed by atoms with Crippen molar-refractivity contribution in [2.45, 2.75) is 52.6 Å². The molecule has 1 aromatic carbocycles. The first-order valence-corrected chi connectivity index (χ1v) is 13.6. The maximum atomic E-state index is 13.8. The molecule has 2 heterocycles. The molecule has 0 spiro atoms. The van der Waals surface area contributed by atoms with Crippen molar-refractivity contribution in [2.24, 2.45) is 0 Å². The molecule has 2 aromatic rings. The number of aryl methyl sites for hydroxylation is 1. The zero-order valence-corrected chi connectivity index (χ0v) is 22.7. The van der Waals surface area contributed by atoms with E-state index >= 15 is 0 Å². The maximum absolute atomic E-state index is 13.8. The first-order chi connectivity index (χ1) is 18.0. The van der Waals surface area contributed by atoms with Crippen LogP contribution >= 0.6 is 0 Å². The molecule has 0 bridgehead atoms. The molecule has 1 amide bonds. The summed E-state index contributed by atoms with van der Waals surface area (Å²) in [6.45, 7) is 11.8. The van der Waals surface area contributed by atoms with Gasteiger partial charge < -0.3 is 18.8 Å². The Bertz CT molecular complexity index is 942. The molecule has 8 nitrogen and oxygen atoms in total. The number of hydrogen-bond acceptors (Lipinski definition) is 7. The van der Waals surface area contributed by atoms with Gasteiger partial charge in [-0.1, -0.05) is 43.7 Å². The highest BCUT2D eigenvalue weighted by Gasteiger charge is 2.30. The normalized spacial score (nSPS) is 15.0. The third-order valence-corrected chi connectivity index (χ3v) is 6.72. The number of rotatable bonds is 15. The van der Waals surface area contributed by atoms with Crippen molar-refractivity contribution in [1.82, 2.24) is 14.7 Å². The number of hydrogen-bond donors (Lipinski definition) is 0. The Labute approximate surface area is 221 Å². The average molecular weight is 514 g/mol. The smallest absolute Gasteiger partial charge is 0.323 e. The summed E-state index contributed by atoms with van der Waals surface area (Å²) in [5.74, 6) is 1.31. The van der Waals surface area contributed by atoms with E-state index in [1.165, 1.54) is 5.56 Å². The average Bonchev–Trinajstić information content (AvgIpc) is 3.33. The van der Waals surface area contributed by atoms with Gasteiger partial charge in [0.15, 0.2) is 0 Å². The quantitative estimate of drug-likeness (QED) is 0.337. The second kappa shape index (κ2) is 15.5. The van der Waals surface area contributed by atoms with Crippen LogP contribution in [0.25, 0.3) is 0 Å². The number of furan rings is 1. The van der Waals surface area contributed by atoms with E-state index in [0.29, 0.717) is 45.9 Å². The summed E-state index contributed by atoms with van der Waals surface area (Å²) in [6.07, 6.45) is 2.22. The topological polar surface area (TPSA) is 75.5 Å². The predicted octanol–water partition coefficient (Wildman–Crippen LogP) is 3.53. The zero-order chi connectivity index (χ0) is 26.5. The van der Waals surface area contributed by atoms with E-state index in [1.807, 2.05) is 54.0 Å². The molecule has 204 valence electrons. The molecule has 0 radical (unpaired) electrons. The van der Waals surface area contributed by atoms with E-state index < -0.39 is 6.04 Å². The van der Waals surface area contributed by atoms with E-state index in [0.717, 1.165) is 44.0 Å². The third-order valence-electron chi connectivity index (χ3n) is 6.72. The maximum Gasteiger partial charge on any atom is 0.323 e. The van der Waals surface area contributed by atoms with Crippen LogP contribution in [0.15, 0.2) is 46.9 Å². The Morgan fingerprint density at radius 1 is 1.05 bits per heavy atom. The van der Waals surface area contributed by atoms with Gasteiger partial charge in [-0.15, -0.1) is 0 Å². The molecular formula is C29H43N3O5. The fraction of sp³-hybridized carbons (Fsp3) is 0.586. The van der Waals surface area contributed by atoms with E-state index in [1.54, 1.807) is 0 Å². The number of nitrogens with zero attached hydrogens (tertiary/aromatic N) is 3. The van der Waals surface area contributed by atoms with Crippen molar-refractivity contribution in [2.75, 3.05) is 59.1 Å². The Morgan fingerprint density at radius 3 is 2.46 bits per heavy atom. The number of carbonyl (C=O) groups is 2. The summed E-state index contributed by atoms with van der Waals surface area (Å²) in [5.41, 5.74) is 1.18. The minimum absolute atomic E-state index is 0.0163. The molecule has 37 heavy (non-hydrogen) atoms. The number of morpholine rings is 1. The molecule has 1 saturated heterocycles. The molecule has 1 atom stereocenters. The Hall–Kier alpha value is -2.68. The van der Waals surface area contributed by atoms with Crippen LogP contribution in [0.3, 0.4) is 0 Å². The van der Waals surface area contributed by atoms with Crippen molar-refractivity contribution < 1.29 is 23.5 Å². The first kappa shape index (κ1) is 28.9. The van der Waals surface area contributed by atoms with Gasteiger partial charge in [-0.05, 0) is 44.4 Å². The lowest BCUT2D eigenvalue weighted by Gasteiger charge is -2.34. The number of ether oxygens (including phenoxy) is 2. The third kappa shape index (κ3) is 9.61. The van der Waals surface area contributed by atoms with Gasteiger partial charge in [0, 0.05) is 32.7 Å². The van der Waals surface area contributed by atoms with Gasteiger partial charge in [0.05, 0.1) is 32.9 Å². The highest BCUT2D eigenvalue weighted by atomic mass is 16.5. The second-order valence-electron chi connectivity index (χ2n) is 9.54. The fourth-order valence-corrected chi connectivity index (χ4v) is 4.63. The molecule has 1 fully saturated rings. The zero-order valence-electron chi connectivity index (χ0n) is 22.7. The minimum Gasteiger partial charge on any atom is -0.465 e. The van der Waals surface area contributed by atoms with Crippen LogP contribution in [0, 0.1) is 6.92 Å². The SMILES string of the molecule is CCC[C@H](C(=O)OCC)N(CCN1CCOCC1)CC(=O)N(CCc1ccccc1)Cc1ccc(C)o1. The number of benzene rings is 1. The monoisotopic (exact) mass is 513 g/mol. The number of amides is 1. The Balaban J connectivity index is 1.76. The van der Waals surface area contributed by atoms with E-state index in [9.17, 15) is 9.59 Å². The molecule has 3 rings (SSSR count).